The molecule has 0 saturated carbocycles. The second-order valence-corrected chi connectivity index (χ2v) is 4.91. The first-order valence-corrected chi connectivity index (χ1v) is 6.31. The number of rotatable bonds is 7. The maximum Gasteiger partial charge on any atom is 0.509 e. The fourth-order valence-electron chi connectivity index (χ4n) is 1.64. The number of aryl methyl sites for hydroxylation is 1. The molecule has 0 unspecified atom stereocenters. The van der Waals surface area contributed by atoms with E-state index in [0.29, 0.717) is 31.5 Å². The van der Waals surface area contributed by atoms with E-state index in [9.17, 15) is 12.9 Å². The standard InChI is InChI=1S/C13H19BF3O2/c1-10(2)9-18-6-7-19-12-4-5-13(11(3)8-12)14(15,16)17/h4-5,8,10H,6-7,9H2,1-3H3/q-1. The molecule has 0 heterocycles. The van der Waals surface area contributed by atoms with Crippen LogP contribution in [0.1, 0.15) is 19.4 Å². The molecule has 0 bridgehead atoms. The predicted octanol–water partition coefficient (Wildman–Crippen LogP) is 3.10. The highest BCUT2D eigenvalue weighted by Crippen LogP contribution is 2.17. The Morgan fingerprint density at radius 2 is 1.84 bits per heavy atom. The Kier molecular flexibility index (Phi) is 5.72. The average Bonchev–Trinajstić information content (AvgIpc) is 2.26. The van der Waals surface area contributed by atoms with Gasteiger partial charge in [0.15, 0.2) is 0 Å². The SMILES string of the molecule is Cc1cc(OCCOCC(C)C)ccc1[B-](F)(F)F. The van der Waals surface area contributed by atoms with E-state index in [1.807, 2.05) is 13.8 Å². The summed E-state index contributed by atoms with van der Waals surface area (Å²) < 4.78 is 48.5. The third-order valence-corrected chi connectivity index (χ3v) is 2.54. The molecule has 19 heavy (non-hydrogen) atoms. The van der Waals surface area contributed by atoms with Crippen LogP contribution in [0.15, 0.2) is 18.2 Å². The van der Waals surface area contributed by atoms with Crippen molar-refractivity contribution in [1.82, 2.24) is 0 Å². The van der Waals surface area contributed by atoms with Gasteiger partial charge in [0.1, 0.15) is 12.4 Å². The molecule has 0 saturated heterocycles. The molecule has 1 aromatic rings. The molecule has 0 atom stereocenters. The zero-order valence-corrected chi connectivity index (χ0v) is 11.5. The van der Waals surface area contributed by atoms with E-state index in [1.54, 1.807) is 0 Å². The number of benzene rings is 1. The molecular formula is C13H19BF3O2-. The molecule has 0 aliphatic carbocycles. The van der Waals surface area contributed by atoms with Crippen molar-refractivity contribution in [2.75, 3.05) is 19.8 Å². The first-order chi connectivity index (χ1) is 8.80. The van der Waals surface area contributed by atoms with Crippen LogP contribution in [0.2, 0.25) is 0 Å². The predicted molar refractivity (Wildman–Crippen MR) is 71.0 cm³/mol. The van der Waals surface area contributed by atoms with Crippen LogP contribution in [-0.2, 0) is 4.74 Å². The molecule has 0 amide bonds. The molecule has 108 valence electrons. The zero-order chi connectivity index (χ0) is 14.5. The quantitative estimate of drug-likeness (QED) is 0.562. The smallest absolute Gasteiger partial charge is 0.491 e. The van der Waals surface area contributed by atoms with E-state index in [2.05, 4.69) is 0 Å². The summed E-state index contributed by atoms with van der Waals surface area (Å²) in [5.41, 5.74) is -0.378. The van der Waals surface area contributed by atoms with E-state index in [1.165, 1.54) is 19.1 Å². The summed E-state index contributed by atoms with van der Waals surface area (Å²) in [6, 6.07) is 3.83. The van der Waals surface area contributed by atoms with Crippen molar-refractivity contribution in [3.8, 4) is 5.75 Å². The second-order valence-electron chi connectivity index (χ2n) is 4.91. The fraction of sp³-hybridized carbons (Fsp3) is 0.538. The normalized spacial score (nSPS) is 11.9. The van der Waals surface area contributed by atoms with Crippen LogP contribution in [-0.4, -0.2) is 26.8 Å². The molecule has 0 radical (unpaired) electrons. The summed E-state index contributed by atoms with van der Waals surface area (Å²) in [4.78, 5) is 0. The van der Waals surface area contributed by atoms with Crippen LogP contribution < -0.4 is 10.2 Å². The molecule has 1 rings (SSSR count). The highest BCUT2D eigenvalue weighted by Gasteiger charge is 2.27. The Hall–Kier alpha value is -1.17. The molecule has 0 aromatic heterocycles. The highest BCUT2D eigenvalue weighted by atomic mass is 19.4. The zero-order valence-electron chi connectivity index (χ0n) is 11.5. The van der Waals surface area contributed by atoms with Gasteiger partial charge < -0.3 is 22.4 Å². The molecule has 0 N–H and O–H groups in total. The van der Waals surface area contributed by atoms with Gasteiger partial charge in [0.05, 0.1) is 6.61 Å². The average molecular weight is 275 g/mol. The number of ether oxygens (including phenoxy) is 2. The van der Waals surface area contributed by atoms with Crippen LogP contribution in [0.5, 0.6) is 5.75 Å². The minimum absolute atomic E-state index is 0.188. The Bertz CT molecular complexity index is 405. The largest absolute Gasteiger partial charge is 0.509 e. The van der Waals surface area contributed by atoms with Gasteiger partial charge in [-0.05, 0) is 25.0 Å². The Morgan fingerprint density at radius 1 is 1.16 bits per heavy atom. The summed E-state index contributed by atoms with van der Waals surface area (Å²) in [7, 11) is 0. The van der Waals surface area contributed by atoms with Gasteiger partial charge >= 0.3 is 6.98 Å². The van der Waals surface area contributed by atoms with Crippen molar-refractivity contribution in [2.24, 2.45) is 5.92 Å². The molecule has 0 fully saturated rings. The fourth-order valence-corrected chi connectivity index (χ4v) is 1.64. The van der Waals surface area contributed by atoms with Gasteiger partial charge in [-0.3, -0.25) is 0 Å². The lowest BCUT2D eigenvalue weighted by Gasteiger charge is -2.18. The maximum absolute atomic E-state index is 12.6. The third-order valence-electron chi connectivity index (χ3n) is 2.54. The number of hydrogen-bond donors (Lipinski definition) is 0. The summed E-state index contributed by atoms with van der Waals surface area (Å²) in [5, 5.41) is 0. The van der Waals surface area contributed by atoms with Gasteiger partial charge in [-0.25, -0.2) is 0 Å². The van der Waals surface area contributed by atoms with E-state index >= 15 is 0 Å². The van der Waals surface area contributed by atoms with Gasteiger partial charge in [0, 0.05) is 6.61 Å². The van der Waals surface area contributed by atoms with Crippen LogP contribution in [0, 0.1) is 12.8 Å². The third kappa shape index (κ3) is 5.55. The van der Waals surface area contributed by atoms with Crippen molar-refractivity contribution in [3.05, 3.63) is 23.8 Å². The van der Waals surface area contributed by atoms with Gasteiger partial charge in [-0.2, -0.15) is 0 Å². The topological polar surface area (TPSA) is 18.5 Å². The Labute approximate surface area is 112 Å². The summed E-state index contributed by atoms with van der Waals surface area (Å²) >= 11 is 0. The van der Waals surface area contributed by atoms with Crippen molar-refractivity contribution < 1.29 is 22.4 Å². The minimum Gasteiger partial charge on any atom is -0.491 e. The summed E-state index contributed by atoms with van der Waals surface area (Å²) in [5.74, 6) is 0.894. The molecule has 0 aliphatic heterocycles. The van der Waals surface area contributed by atoms with Gasteiger partial charge in [0.25, 0.3) is 0 Å². The Morgan fingerprint density at radius 3 is 2.37 bits per heavy atom. The summed E-state index contributed by atoms with van der Waals surface area (Å²) in [6.45, 7) is 1.99. The molecule has 2 nitrogen and oxygen atoms in total. The van der Waals surface area contributed by atoms with Crippen LogP contribution in [0.25, 0.3) is 0 Å². The lowest BCUT2D eigenvalue weighted by molar-refractivity contribution is 0.0819. The summed E-state index contributed by atoms with van der Waals surface area (Å²) in [6.07, 6.45) is 0. The van der Waals surface area contributed by atoms with Crippen molar-refractivity contribution in [1.29, 1.82) is 0 Å². The lowest BCUT2D eigenvalue weighted by Crippen LogP contribution is -2.35. The van der Waals surface area contributed by atoms with Crippen molar-refractivity contribution in [2.45, 2.75) is 20.8 Å². The molecule has 1 aromatic carbocycles. The number of hydrogen-bond acceptors (Lipinski definition) is 2. The van der Waals surface area contributed by atoms with Crippen LogP contribution >= 0.6 is 0 Å². The van der Waals surface area contributed by atoms with Crippen molar-refractivity contribution in [3.63, 3.8) is 0 Å². The molecule has 0 aliphatic rings. The van der Waals surface area contributed by atoms with E-state index in [0.717, 1.165) is 6.07 Å². The van der Waals surface area contributed by atoms with E-state index < -0.39 is 12.4 Å². The maximum atomic E-state index is 12.6. The molecule has 0 spiro atoms. The Balaban J connectivity index is 2.46. The lowest BCUT2D eigenvalue weighted by atomic mass is 9.77. The van der Waals surface area contributed by atoms with Gasteiger partial charge in [-0.15, -0.1) is 5.46 Å². The van der Waals surface area contributed by atoms with Gasteiger partial charge in [-0.1, -0.05) is 25.5 Å². The second kappa shape index (κ2) is 6.84. The van der Waals surface area contributed by atoms with Crippen LogP contribution in [0.4, 0.5) is 12.9 Å². The molecular weight excluding hydrogens is 256 g/mol. The van der Waals surface area contributed by atoms with Crippen molar-refractivity contribution >= 4 is 12.4 Å². The minimum atomic E-state index is -4.96. The first kappa shape index (κ1) is 15.9. The highest BCUT2D eigenvalue weighted by molar-refractivity contribution is 6.74. The van der Waals surface area contributed by atoms with Gasteiger partial charge in [0.2, 0.25) is 0 Å². The van der Waals surface area contributed by atoms with E-state index in [-0.39, 0.29) is 5.56 Å². The molecule has 6 heteroatoms. The first-order valence-electron chi connectivity index (χ1n) is 6.31. The van der Waals surface area contributed by atoms with Crippen LogP contribution in [0.3, 0.4) is 0 Å². The van der Waals surface area contributed by atoms with E-state index in [4.69, 9.17) is 9.47 Å². The number of halogens is 3. The monoisotopic (exact) mass is 275 g/mol.